The van der Waals surface area contributed by atoms with Crippen LogP contribution in [0.5, 0.6) is 0 Å². The summed E-state index contributed by atoms with van der Waals surface area (Å²) in [6.07, 6.45) is 0.126. The largest absolute Gasteiger partial charge is 0.481 e. The average molecular weight is 322 g/mol. The number of nitrogens with zero attached hydrogens (tertiary/aromatic N) is 1. The van der Waals surface area contributed by atoms with Crippen molar-refractivity contribution in [3.05, 3.63) is 40.0 Å². The number of carbonyl (C=O) groups excluding carboxylic acids is 1. The molecule has 1 N–H and O–H groups in total. The number of aromatic nitrogens is 1. The van der Waals surface area contributed by atoms with Gasteiger partial charge in [0.25, 0.3) is 0 Å². The standard InChI is InChI=1S/C16H16ClNO4/c1-3-22-16(21)14-9(2)18-15-11(5-4-6-12(15)17)10(14)7-8-13(19)20/h4-6H,3,7-8H2,1-2H3,(H,19,20). The number of aliphatic carboxylic acids is 1. The van der Waals surface area contributed by atoms with Crippen LogP contribution < -0.4 is 0 Å². The van der Waals surface area contributed by atoms with E-state index < -0.39 is 11.9 Å². The van der Waals surface area contributed by atoms with Crippen LogP contribution in [0.2, 0.25) is 5.02 Å². The molecular formula is C16H16ClNO4. The summed E-state index contributed by atoms with van der Waals surface area (Å²) >= 11 is 6.16. The molecule has 1 heterocycles. The van der Waals surface area contributed by atoms with Gasteiger partial charge in [-0.3, -0.25) is 9.78 Å². The molecule has 0 bridgehead atoms. The van der Waals surface area contributed by atoms with Gasteiger partial charge in [-0.05, 0) is 31.9 Å². The maximum Gasteiger partial charge on any atom is 0.340 e. The number of benzene rings is 1. The van der Waals surface area contributed by atoms with Crippen LogP contribution in [0.15, 0.2) is 18.2 Å². The second kappa shape index (κ2) is 6.75. The summed E-state index contributed by atoms with van der Waals surface area (Å²) in [5.74, 6) is -1.42. The Balaban J connectivity index is 2.70. The number of esters is 1. The summed E-state index contributed by atoms with van der Waals surface area (Å²) in [6.45, 7) is 3.65. The van der Waals surface area contributed by atoms with Gasteiger partial charge in [0.15, 0.2) is 0 Å². The molecule has 0 aliphatic carbocycles. The second-order valence-corrected chi connectivity index (χ2v) is 5.21. The summed E-state index contributed by atoms with van der Waals surface area (Å²) in [6, 6.07) is 5.25. The topological polar surface area (TPSA) is 76.5 Å². The zero-order valence-electron chi connectivity index (χ0n) is 12.4. The number of hydrogen-bond acceptors (Lipinski definition) is 4. The summed E-state index contributed by atoms with van der Waals surface area (Å²) in [5.41, 5.74) is 2.00. The van der Waals surface area contributed by atoms with E-state index in [2.05, 4.69) is 4.98 Å². The molecule has 1 aromatic carbocycles. The van der Waals surface area contributed by atoms with Crippen LogP contribution in [0.1, 0.15) is 35.0 Å². The molecule has 2 aromatic rings. The molecule has 0 saturated heterocycles. The van der Waals surface area contributed by atoms with Crippen molar-refractivity contribution in [2.75, 3.05) is 6.61 Å². The second-order valence-electron chi connectivity index (χ2n) is 4.80. The molecule has 0 saturated carbocycles. The Morgan fingerprint density at radius 2 is 2.09 bits per heavy atom. The van der Waals surface area contributed by atoms with Gasteiger partial charge in [-0.25, -0.2) is 4.79 Å². The minimum Gasteiger partial charge on any atom is -0.481 e. The van der Waals surface area contributed by atoms with Crippen molar-refractivity contribution in [1.29, 1.82) is 0 Å². The third-order valence-corrected chi connectivity index (χ3v) is 3.63. The fourth-order valence-electron chi connectivity index (χ4n) is 2.41. The van der Waals surface area contributed by atoms with Gasteiger partial charge in [0.05, 0.1) is 28.4 Å². The first-order valence-corrected chi connectivity index (χ1v) is 7.30. The number of fused-ring (bicyclic) bond motifs is 1. The summed E-state index contributed by atoms with van der Waals surface area (Å²) in [4.78, 5) is 27.5. The molecule has 0 spiro atoms. The molecule has 0 atom stereocenters. The lowest BCUT2D eigenvalue weighted by Gasteiger charge is -2.14. The maximum absolute atomic E-state index is 12.2. The molecule has 1 aromatic heterocycles. The first-order chi connectivity index (χ1) is 10.5. The van der Waals surface area contributed by atoms with E-state index in [1.807, 2.05) is 0 Å². The highest BCUT2D eigenvalue weighted by Gasteiger charge is 2.21. The number of halogens is 1. The lowest BCUT2D eigenvalue weighted by molar-refractivity contribution is -0.136. The molecule has 0 unspecified atom stereocenters. The Labute approximate surface area is 132 Å². The van der Waals surface area contributed by atoms with Crippen molar-refractivity contribution in [3.63, 3.8) is 0 Å². The quantitative estimate of drug-likeness (QED) is 0.854. The van der Waals surface area contributed by atoms with Crippen molar-refractivity contribution in [3.8, 4) is 0 Å². The number of carboxylic acid groups (broad SMARTS) is 1. The Morgan fingerprint density at radius 1 is 1.36 bits per heavy atom. The van der Waals surface area contributed by atoms with Gasteiger partial charge in [-0.2, -0.15) is 0 Å². The number of para-hydroxylation sites is 1. The molecule has 116 valence electrons. The van der Waals surface area contributed by atoms with Gasteiger partial charge in [-0.1, -0.05) is 23.7 Å². The highest BCUT2D eigenvalue weighted by molar-refractivity contribution is 6.35. The van der Waals surface area contributed by atoms with E-state index in [0.29, 0.717) is 32.7 Å². The third kappa shape index (κ3) is 3.20. The van der Waals surface area contributed by atoms with E-state index >= 15 is 0 Å². The lowest BCUT2D eigenvalue weighted by Crippen LogP contribution is -2.13. The number of ether oxygens (including phenoxy) is 1. The highest BCUT2D eigenvalue weighted by atomic mass is 35.5. The predicted molar refractivity (Wildman–Crippen MR) is 83.4 cm³/mol. The number of aryl methyl sites for hydroxylation is 2. The van der Waals surface area contributed by atoms with Crippen LogP contribution in [0.25, 0.3) is 10.9 Å². The van der Waals surface area contributed by atoms with Gasteiger partial charge in [0.1, 0.15) is 0 Å². The van der Waals surface area contributed by atoms with Crippen molar-refractivity contribution in [2.24, 2.45) is 0 Å². The van der Waals surface area contributed by atoms with E-state index in [9.17, 15) is 9.59 Å². The molecular weight excluding hydrogens is 306 g/mol. The summed E-state index contributed by atoms with van der Waals surface area (Å²) in [7, 11) is 0. The number of hydrogen-bond donors (Lipinski definition) is 1. The van der Waals surface area contributed by atoms with Gasteiger partial charge < -0.3 is 9.84 Å². The molecule has 0 aliphatic heterocycles. The van der Waals surface area contributed by atoms with E-state index in [0.717, 1.165) is 0 Å². The molecule has 0 amide bonds. The van der Waals surface area contributed by atoms with Crippen LogP contribution in [0, 0.1) is 6.92 Å². The first kappa shape index (κ1) is 16.2. The lowest BCUT2D eigenvalue weighted by atomic mass is 9.96. The Morgan fingerprint density at radius 3 is 2.73 bits per heavy atom. The van der Waals surface area contributed by atoms with Crippen LogP contribution in [-0.4, -0.2) is 28.6 Å². The van der Waals surface area contributed by atoms with Gasteiger partial charge in [0, 0.05) is 11.8 Å². The molecule has 22 heavy (non-hydrogen) atoms. The van der Waals surface area contributed by atoms with Crippen LogP contribution in [0.3, 0.4) is 0 Å². The van der Waals surface area contributed by atoms with E-state index in [1.54, 1.807) is 32.0 Å². The predicted octanol–water partition coefficient (Wildman–Crippen LogP) is 3.39. The zero-order chi connectivity index (χ0) is 16.3. The van der Waals surface area contributed by atoms with Crippen molar-refractivity contribution >= 4 is 34.4 Å². The first-order valence-electron chi connectivity index (χ1n) is 6.92. The molecule has 6 heteroatoms. The SMILES string of the molecule is CCOC(=O)c1c(C)nc2c(Cl)cccc2c1CCC(=O)O. The van der Waals surface area contributed by atoms with Crippen molar-refractivity contribution < 1.29 is 19.4 Å². The van der Waals surface area contributed by atoms with E-state index in [4.69, 9.17) is 21.4 Å². The summed E-state index contributed by atoms with van der Waals surface area (Å²) < 4.78 is 5.08. The van der Waals surface area contributed by atoms with Crippen LogP contribution >= 0.6 is 11.6 Å². The van der Waals surface area contributed by atoms with Crippen molar-refractivity contribution in [1.82, 2.24) is 4.98 Å². The Hall–Kier alpha value is -2.14. The molecule has 0 aliphatic rings. The molecule has 2 rings (SSSR count). The van der Waals surface area contributed by atoms with Gasteiger partial charge in [-0.15, -0.1) is 0 Å². The smallest absolute Gasteiger partial charge is 0.340 e. The highest BCUT2D eigenvalue weighted by Crippen LogP contribution is 2.29. The Kier molecular flexibility index (Phi) is 4.98. The van der Waals surface area contributed by atoms with Gasteiger partial charge in [0.2, 0.25) is 0 Å². The van der Waals surface area contributed by atoms with Crippen molar-refractivity contribution in [2.45, 2.75) is 26.7 Å². The third-order valence-electron chi connectivity index (χ3n) is 3.32. The number of carbonyl (C=O) groups is 2. The van der Waals surface area contributed by atoms with E-state index in [1.165, 1.54) is 0 Å². The normalized spacial score (nSPS) is 10.7. The monoisotopic (exact) mass is 321 g/mol. The zero-order valence-corrected chi connectivity index (χ0v) is 13.1. The number of rotatable bonds is 5. The fraction of sp³-hybridized carbons (Fsp3) is 0.312. The average Bonchev–Trinajstić information content (AvgIpc) is 2.45. The number of carboxylic acids is 1. The van der Waals surface area contributed by atoms with E-state index in [-0.39, 0.29) is 19.4 Å². The molecule has 0 radical (unpaired) electrons. The minimum absolute atomic E-state index is 0.0858. The minimum atomic E-state index is -0.931. The van der Waals surface area contributed by atoms with Crippen LogP contribution in [0.4, 0.5) is 0 Å². The van der Waals surface area contributed by atoms with Crippen LogP contribution in [-0.2, 0) is 16.0 Å². The maximum atomic E-state index is 12.2. The summed E-state index contributed by atoms with van der Waals surface area (Å²) in [5, 5.41) is 10.1. The van der Waals surface area contributed by atoms with Gasteiger partial charge >= 0.3 is 11.9 Å². The molecule has 5 nitrogen and oxygen atoms in total. The molecule has 0 fully saturated rings. The Bertz CT molecular complexity index is 742. The number of pyridine rings is 1. The fourth-order valence-corrected chi connectivity index (χ4v) is 2.63.